The molecule has 2 radical (unpaired) electrons. The first-order valence-electron chi connectivity index (χ1n) is 1.63. The van der Waals surface area contributed by atoms with Crippen molar-refractivity contribution in [1.82, 2.24) is 0 Å². The Kier molecular flexibility index (Phi) is 73600. The van der Waals surface area contributed by atoms with Gasteiger partial charge in [0, 0.05) is 40.8 Å². The van der Waals surface area contributed by atoms with E-state index in [9.17, 15) is 0 Å². The molecule has 0 aromatic carbocycles. The minimum absolute atomic E-state index is 0. The zero-order chi connectivity index (χ0) is 16.0. The zero-order valence-electron chi connectivity index (χ0n) is 8.78. The van der Waals surface area contributed by atoms with E-state index in [4.69, 9.17) is 37.2 Å². The molecule has 20 heavy (non-hydrogen) atoms. The molecule has 0 aliphatic rings. The molecule has 0 unspecified atom stereocenters. The van der Waals surface area contributed by atoms with E-state index in [2.05, 4.69) is 53.2 Å². The number of hydrogen-bond acceptors (Lipinski definition) is 0. The van der Waals surface area contributed by atoms with Crippen LogP contribution in [0.4, 0.5) is 0 Å². The van der Waals surface area contributed by atoms with Crippen LogP contribution in [0.25, 0.3) is 0 Å². The fourth-order valence-electron chi connectivity index (χ4n) is 0. The minimum atomic E-state index is 0. The van der Waals surface area contributed by atoms with E-state index < -0.39 is 0 Å². The molecule has 0 saturated heterocycles. The summed E-state index contributed by atoms with van der Waals surface area (Å²) in [5, 5.41) is 0. The van der Waals surface area contributed by atoms with Crippen LogP contribution in [-0.2, 0) is 78.1 Å². The van der Waals surface area contributed by atoms with Crippen LogP contribution in [0.3, 0.4) is 0 Å². The van der Waals surface area contributed by atoms with E-state index in [-0.39, 0.29) is 88.8 Å². The summed E-state index contributed by atoms with van der Waals surface area (Å²) in [5.74, 6) is 0. The molecule has 0 aliphatic heterocycles. The van der Waals surface area contributed by atoms with Gasteiger partial charge >= 0.3 is 90.4 Å². The molecule has 0 spiro atoms. The Bertz CT molecular complexity index is 144. The summed E-state index contributed by atoms with van der Waals surface area (Å²) in [6.07, 6.45) is 0. The second-order valence-electron chi connectivity index (χ2n) is 0. The first-order chi connectivity index (χ1) is 8.00. The van der Waals surface area contributed by atoms with Gasteiger partial charge in [-0.1, -0.05) is 0 Å². The quantitative estimate of drug-likeness (QED) is 0.129. The van der Waals surface area contributed by atoms with Gasteiger partial charge < -0.3 is 48.0 Å². The van der Waals surface area contributed by atoms with Gasteiger partial charge in [-0.25, -0.2) is 0 Å². The summed E-state index contributed by atoms with van der Waals surface area (Å²) < 4.78 is 60.0. The van der Waals surface area contributed by atoms with E-state index in [0.717, 1.165) is 0 Å². The van der Waals surface area contributed by atoms with E-state index in [0.29, 0.717) is 0 Å². The van der Waals surface area contributed by atoms with Crippen LogP contribution in [0, 0.1) is 53.2 Å². The van der Waals surface area contributed by atoms with E-state index in [1.54, 1.807) is 0 Å². The largest absolute Gasteiger partial charge is 1.00 e. The smallest absolute Gasteiger partial charge is 0 e. The molecule has 0 atom stereocenters. The van der Waals surface area contributed by atoms with Crippen LogP contribution in [0.5, 0.6) is 0 Å². The monoisotopic (exact) mass is 852 g/mol. The molecule has 8 nitrogen and oxygen atoms in total. The molecular formula is C8I2O8Re2-2. The van der Waals surface area contributed by atoms with Gasteiger partial charge in [-0.2, -0.15) is 0 Å². The first-order valence-corrected chi connectivity index (χ1v) is 1.63. The zero-order valence-corrected chi connectivity index (χ0v) is 18.5. The van der Waals surface area contributed by atoms with Gasteiger partial charge in [0.15, 0.2) is 0 Å². The van der Waals surface area contributed by atoms with Gasteiger partial charge in [-0.05, 0) is 0 Å². The Morgan fingerprint density at radius 2 is 0.250 bits per heavy atom. The van der Waals surface area contributed by atoms with Crippen molar-refractivity contribution >= 4 is 0 Å². The van der Waals surface area contributed by atoms with Gasteiger partial charge in [0.05, 0.1) is 0 Å². The Balaban J connectivity index is -0.00000000356. The third-order valence-corrected chi connectivity index (χ3v) is 0. The maximum atomic E-state index is 7.50. The van der Waals surface area contributed by atoms with E-state index in [1.807, 2.05) is 0 Å². The Morgan fingerprint density at radius 3 is 0.250 bits per heavy atom. The van der Waals surface area contributed by atoms with Crippen LogP contribution >= 0.6 is 0 Å². The van der Waals surface area contributed by atoms with Gasteiger partial charge in [0.2, 0.25) is 0 Å². The number of hydrogen-bond donors (Lipinski definition) is 0. The summed E-state index contributed by atoms with van der Waals surface area (Å²) >= 11 is 0. The minimum Gasteiger partial charge on any atom is -1.00 e. The van der Waals surface area contributed by atoms with E-state index in [1.165, 1.54) is 0 Å². The first kappa shape index (κ1) is 106. The Labute approximate surface area is 177 Å². The molecule has 0 amide bonds. The maximum absolute atomic E-state index is 7.50. The molecule has 0 saturated carbocycles. The third kappa shape index (κ3) is 11800. The second-order valence-corrected chi connectivity index (χ2v) is 0. The molecule has 0 fully saturated rings. The number of halogens is 2. The molecule has 0 heterocycles. The van der Waals surface area contributed by atoms with Gasteiger partial charge in [0.1, 0.15) is 0 Å². The number of rotatable bonds is 0. The van der Waals surface area contributed by atoms with Crippen molar-refractivity contribution < 1.29 is 126 Å². The van der Waals surface area contributed by atoms with Crippen LogP contribution in [0.15, 0.2) is 0 Å². The van der Waals surface area contributed by atoms with Crippen molar-refractivity contribution in [2.75, 3.05) is 0 Å². The normalized spacial score (nSPS) is 0.800. The standard InChI is InChI=1S/8CO.2HI.2Re/c8*1-2;;;;/h;;;;;;;;2*1H;;/p-2. The fourth-order valence-corrected chi connectivity index (χ4v) is 0. The third-order valence-electron chi connectivity index (χ3n) is 0. The van der Waals surface area contributed by atoms with Crippen molar-refractivity contribution in [1.29, 1.82) is 0 Å². The predicted molar refractivity (Wildman–Crippen MR) is 31.4 cm³/mol. The molecule has 0 aliphatic carbocycles. The molecule has 0 rings (SSSR count). The van der Waals surface area contributed by atoms with Crippen molar-refractivity contribution in [3.63, 3.8) is 0 Å². The molecule has 12 heteroatoms. The molecule has 0 aromatic heterocycles. The summed E-state index contributed by atoms with van der Waals surface area (Å²) in [4.78, 5) is 0. The topological polar surface area (TPSA) is 159 Å². The molecule has 0 bridgehead atoms. The summed E-state index contributed by atoms with van der Waals surface area (Å²) in [5.41, 5.74) is 0. The van der Waals surface area contributed by atoms with E-state index >= 15 is 0 Å². The summed E-state index contributed by atoms with van der Waals surface area (Å²) in [6, 6.07) is 0. The molecule has 0 aromatic rings. The van der Waals surface area contributed by atoms with Crippen molar-refractivity contribution in [2.45, 2.75) is 0 Å². The Hall–Kier alpha value is 0.705. The average Bonchev–Trinajstić information content (AvgIpc) is 2.54. The average molecular weight is 850 g/mol. The van der Waals surface area contributed by atoms with Crippen LogP contribution < -0.4 is 48.0 Å². The summed E-state index contributed by atoms with van der Waals surface area (Å²) in [7, 11) is 0. The molecule has 110 valence electrons. The van der Waals surface area contributed by atoms with Crippen LogP contribution in [0.2, 0.25) is 0 Å². The van der Waals surface area contributed by atoms with Crippen molar-refractivity contribution in [3.05, 3.63) is 53.2 Å². The van der Waals surface area contributed by atoms with Gasteiger partial charge in [0.25, 0.3) is 0 Å². The van der Waals surface area contributed by atoms with Crippen LogP contribution in [0.1, 0.15) is 0 Å². The predicted octanol–water partition coefficient (Wildman–Crippen LogP) is -6.30. The Morgan fingerprint density at radius 1 is 0.250 bits per heavy atom. The van der Waals surface area contributed by atoms with Gasteiger partial charge in [-0.15, -0.1) is 0 Å². The van der Waals surface area contributed by atoms with Gasteiger partial charge in [-0.3, -0.25) is 0 Å². The summed E-state index contributed by atoms with van der Waals surface area (Å²) in [6.45, 7) is 36.0. The SMILES string of the molecule is [C-]#[O+].[C-]#[O+].[C-]#[O+].[C-]#[O+].[C-]#[O+].[C-]#[O+].[C-]#[O+].[C-]#[O+].[I-].[I-].[Re].[Re]. The van der Waals surface area contributed by atoms with Crippen LogP contribution in [-0.4, -0.2) is 0 Å². The maximum Gasteiger partial charge on any atom is 0 e. The molecule has 0 N–H and O–H groups in total. The molecular weight excluding hydrogens is 850 g/mol. The van der Waals surface area contributed by atoms with Crippen molar-refractivity contribution in [3.8, 4) is 0 Å². The second kappa shape index (κ2) is 13900. The fraction of sp³-hybridized carbons (Fsp3) is 0. The van der Waals surface area contributed by atoms with Crippen molar-refractivity contribution in [2.24, 2.45) is 0 Å².